The molecule has 1 heterocycles. The van der Waals surface area contributed by atoms with E-state index in [-0.39, 0.29) is 0 Å². The van der Waals surface area contributed by atoms with Gasteiger partial charge in [0.2, 0.25) is 0 Å². The molecule has 0 aliphatic carbocycles. The Morgan fingerprint density at radius 3 is 2.74 bits per heavy atom. The number of alkyl halides is 3. The maximum absolute atomic E-state index is 12.8. The molecule has 7 heteroatoms. The molecule has 1 aliphatic heterocycles. The minimum absolute atomic E-state index is 0.323. The van der Waals surface area contributed by atoms with Crippen molar-refractivity contribution in [1.82, 2.24) is 5.32 Å². The van der Waals surface area contributed by atoms with Crippen LogP contribution in [0.2, 0.25) is 0 Å². The first-order valence-electron chi connectivity index (χ1n) is 8.91. The topological polar surface area (TPSA) is 27.3 Å². The number of nitrogens with one attached hydrogen (secondary N) is 2. The summed E-state index contributed by atoms with van der Waals surface area (Å²) in [5, 5.41) is 6.20. The molecule has 0 radical (unpaired) electrons. The van der Waals surface area contributed by atoms with Gasteiger partial charge in [0.25, 0.3) is 0 Å². The largest absolute Gasteiger partial charge is 0.416 e. The Balaban J connectivity index is 1.45. The number of anilines is 2. The SMILES string of the molecule is CC1Cc2ccccc2N1CCCNC(=S)Nc1cccc(C(F)(F)F)c1. The maximum Gasteiger partial charge on any atom is 0.416 e. The molecule has 3 nitrogen and oxygen atoms in total. The summed E-state index contributed by atoms with van der Waals surface area (Å²) in [6.07, 6.45) is -2.43. The Labute approximate surface area is 162 Å². The van der Waals surface area contributed by atoms with Crippen molar-refractivity contribution in [2.45, 2.75) is 32.0 Å². The normalized spacial score (nSPS) is 16.1. The average Bonchev–Trinajstić information content (AvgIpc) is 2.93. The van der Waals surface area contributed by atoms with Crippen molar-refractivity contribution < 1.29 is 13.2 Å². The van der Waals surface area contributed by atoms with E-state index in [2.05, 4.69) is 46.7 Å². The molecule has 2 aromatic carbocycles. The number of fused-ring (bicyclic) bond motifs is 1. The van der Waals surface area contributed by atoms with Gasteiger partial charge in [-0.1, -0.05) is 24.3 Å². The summed E-state index contributed by atoms with van der Waals surface area (Å²) < 4.78 is 38.3. The molecule has 3 rings (SSSR count). The number of thiocarbonyl (C=S) groups is 1. The number of para-hydroxylation sites is 1. The quantitative estimate of drug-likeness (QED) is 0.562. The van der Waals surface area contributed by atoms with Crippen LogP contribution in [0.4, 0.5) is 24.5 Å². The molecular weight excluding hydrogens is 371 g/mol. The average molecular weight is 393 g/mol. The summed E-state index contributed by atoms with van der Waals surface area (Å²) in [4.78, 5) is 2.39. The van der Waals surface area contributed by atoms with Gasteiger partial charge in [0.1, 0.15) is 0 Å². The van der Waals surface area contributed by atoms with Crippen LogP contribution in [-0.4, -0.2) is 24.2 Å². The van der Waals surface area contributed by atoms with Crippen LogP contribution < -0.4 is 15.5 Å². The molecule has 27 heavy (non-hydrogen) atoms. The van der Waals surface area contributed by atoms with Gasteiger partial charge in [-0.2, -0.15) is 13.2 Å². The zero-order valence-electron chi connectivity index (χ0n) is 15.0. The number of rotatable bonds is 5. The highest BCUT2D eigenvalue weighted by molar-refractivity contribution is 7.80. The van der Waals surface area contributed by atoms with E-state index in [1.165, 1.54) is 17.3 Å². The molecule has 0 fully saturated rings. The Morgan fingerprint density at radius 1 is 1.19 bits per heavy atom. The Hall–Kier alpha value is -2.28. The van der Waals surface area contributed by atoms with E-state index >= 15 is 0 Å². The predicted molar refractivity (Wildman–Crippen MR) is 107 cm³/mol. The molecular formula is C20H22F3N3S. The summed E-state index contributed by atoms with van der Waals surface area (Å²) in [7, 11) is 0. The van der Waals surface area contributed by atoms with Gasteiger partial charge in [-0.25, -0.2) is 0 Å². The predicted octanol–water partition coefficient (Wildman–Crippen LogP) is 4.83. The van der Waals surface area contributed by atoms with Gasteiger partial charge in [-0.15, -0.1) is 0 Å². The van der Waals surface area contributed by atoms with Crippen LogP contribution in [-0.2, 0) is 12.6 Å². The van der Waals surface area contributed by atoms with Crippen LogP contribution >= 0.6 is 12.2 Å². The van der Waals surface area contributed by atoms with E-state index in [1.54, 1.807) is 6.07 Å². The van der Waals surface area contributed by atoms with Gasteiger partial charge < -0.3 is 15.5 Å². The summed E-state index contributed by atoms with van der Waals surface area (Å²) in [5.74, 6) is 0. The smallest absolute Gasteiger partial charge is 0.368 e. The summed E-state index contributed by atoms with van der Waals surface area (Å²) in [6, 6.07) is 13.9. The molecule has 2 aromatic rings. The lowest BCUT2D eigenvalue weighted by Crippen LogP contribution is -2.34. The maximum atomic E-state index is 12.8. The van der Waals surface area contributed by atoms with Gasteiger partial charge >= 0.3 is 6.18 Å². The van der Waals surface area contributed by atoms with Crippen LogP contribution in [0.1, 0.15) is 24.5 Å². The van der Waals surface area contributed by atoms with E-state index in [1.807, 2.05) is 0 Å². The van der Waals surface area contributed by atoms with E-state index in [9.17, 15) is 13.2 Å². The molecule has 1 atom stereocenters. The van der Waals surface area contributed by atoms with Crippen molar-refractivity contribution in [2.24, 2.45) is 0 Å². The van der Waals surface area contributed by atoms with Gasteiger partial charge in [0, 0.05) is 30.5 Å². The van der Waals surface area contributed by atoms with Crippen LogP contribution in [0.15, 0.2) is 48.5 Å². The van der Waals surface area contributed by atoms with E-state index in [0.29, 0.717) is 23.4 Å². The summed E-state index contributed by atoms with van der Waals surface area (Å²) >= 11 is 5.19. The Kier molecular flexibility index (Phi) is 5.89. The van der Waals surface area contributed by atoms with Gasteiger partial charge in [-0.3, -0.25) is 0 Å². The lowest BCUT2D eigenvalue weighted by molar-refractivity contribution is -0.137. The van der Waals surface area contributed by atoms with Crippen molar-refractivity contribution in [1.29, 1.82) is 0 Å². The molecule has 144 valence electrons. The fourth-order valence-electron chi connectivity index (χ4n) is 3.37. The number of benzene rings is 2. The third-order valence-electron chi connectivity index (χ3n) is 4.66. The van der Waals surface area contributed by atoms with Crippen LogP contribution in [0.3, 0.4) is 0 Å². The lowest BCUT2D eigenvalue weighted by Gasteiger charge is -2.25. The summed E-state index contributed by atoms with van der Waals surface area (Å²) in [6.45, 7) is 3.76. The number of nitrogens with zero attached hydrogens (tertiary/aromatic N) is 1. The third kappa shape index (κ3) is 4.91. The van der Waals surface area contributed by atoms with Crippen molar-refractivity contribution in [2.75, 3.05) is 23.3 Å². The fourth-order valence-corrected chi connectivity index (χ4v) is 3.59. The van der Waals surface area contributed by atoms with Crippen LogP contribution in [0.5, 0.6) is 0 Å². The molecule has 0 aromatic heterocycles. The van der Waals surface area contributed by atoms with Crippen LogP contribution in [0, 0.1) is 0 Å². The van der Waals surface area contributed by atoms with Crippen molar-refractivity contribution in [3.05, 3.63) is 59.7 Å². The van der Waals surface area contributed by atoms with Gasteiger partial charge in [0.05, 0.1) is 5.56 Å². The molecule has 2 N–H and O–H groups in total. The first-order chi connectivity index (χ1) is 12.8. The van der Waals surface area contributed by atoms with Crippen LogP contribution in [0.25, 0.3) is 0 Å². The number of hydrogen-bond donors (Lipinski definition) is 2. The molecule has 0 spiro atoms. The number of halogens is 3. The highest BCUT2D eigenvalue weighted by Gasteiger charge is 2.30. The van der Waals surface area contributed by atoms with E-state index in [0.717, 1.165) is 31.5 Å². The highest BCUT2D eigenvalue weighted by atomic mass is 32.1. The second kappa shape index (κ2) is 8.17. The Bertz CT molecular complexity index is 807. The molecule has 0 bridgehead atoms. The molecule has 0 amide bonds. The minimum atomic E-state index is -4.37. The lowest BCUT2D eigenvalue weighted by atomic mass is 10.1. The second-order valence-corrected chi connectivity index (χ2v) is 7.10. The minimum Gasteiger partial charge on any atom is -0.368 e. The van der Waals surface area contributed by atoms with E-state index < -0.39 is 11.7 Å². The number of hydrogen-bond acceptors (Lipinski definition) is 2. The van der Waals surface area contributed by atoms with Crippen molar-refractivity contribution >= 4 is 28.7 Å². The third-order valence-corrected chi connectivity index (χ3v) is 4.90. The first kappa shape index (κ1) is 19.5. The summed E-state index contributed by atoms with van der Waals surface area (Å²) in [5.41, 5.74) is 2.29. The van der Waals surface area contributed by atoms with Crippen molar-refractivity contribution in [3.63, 3.8) is 0 Å². The van der Waals surface area contributed by atoms with E-state index in [4.69, 9.17) is 12.2 Å². The molecule has 1 unspecified atom stereocenters. The standard InChI is InChI=1S/C20H22F3N3S/c1-14-12-15-6-2-3-9-18(15)26(14)11-5-10-24-19(27)25-17-8-4-7-16(13-17)20(21,22)23/h2-4,6-9,13-14H,5,10-12H2,1H3,(H2,24,25,27). The zero-order valence-corrected chi connectivity index (χ0v) is 15.8. The monoisotopic (exact) mass is 393 g/mol. The van der Waals surface area contributed by atoms with Gasteiger partial charge in [-0.05, 0) is 61.8 Å². The molecule has 1 aliphatic rings. The van der Waals surface area contributed by atoms with Crippen molar-refractivity contribution in [3.8, 4) is 0 Å². The first-order valence-corrected chi connectivity index (χ1v) is 9.32. The highest BCUT2D eigenvalue weighted by Crippen LogP contribution is 2.32. The molecule has 0 saturated heterocycles. The Morgan fingerprint density at radius 2 is 1.96 bits per heavy atom. The van der Waals surface area contributed by atoms with Gasteiger partial charge in [0.15, 0.2) is 5.11 Å². The fraction of sp³-hybridized carbons (Fsp3) is 0.350. The molecule has 0 saturated carbocycles. The zero-order chi connectivity index (χ0) is 19.4. The second-order valence-electron chi connectivity index (χ2n) is 6.69.